The molecule has 0 aromatic carbocycles. The van der Waals surface area contributed by atoms with E-state index in [1.165, 1.54) is 5.56 Å². The second-order valence-corrected chi connectivity index (χ2v) is 4.01. The topological polar surface area (TPSA) is 65.9 Å². The number of anilines is 1. The smallest absolute Gasteiger partial charge is 0.141 e. The second-order valence-electron chi connectivity index (χ2n) is 4.01. The summed E-state index contributed by atoms with van der Waals surface area (Å²) in [5.41, 5.74) is 9.55. The Labute approximate surface area is 89.3 Å². The molecular weight excluding hydrogens is 188 g/mol. The molecule has 1 aromatic heterocycles. The predicted molar refractivity (Wildman–Crippen MR) is 58.1 cm³/mol. The molecule has 1 aliphatic rings. The first-order valence-corrected chi connectivity index (χ1v) is 5.00. The van der Waals surface area contributed by atoms with Crippen molar-refractivity contribution in [3.05, 3.63) is 22.4 Å². The number of nitrogens with two attached hydrogens (primary N) is 1. The largest absolute Gasteiger partial charge is 0.383 e. The number of aromatic nitrogens is 1. The highest BCUT2D eigenvalue weighted by atomic mass is 15.1. The summed E-state index contributed by atoms with van der Waals surface area (Å²) in [5.74, 6) is 0.365. The van der Waals surface area contributed by atoms with E-state index < -0.39 is 0 Å². The van der Waals surface area contributed by atoms with Crippen molar-refractivity contribution in [1.29, 1.82) is 5.26 Å². The number of nitrogens with zero attached hydrogens (tertiary/aromatic N) is 3. The maximum absolute atomic E-state index is 9.06. The summed E-state index contributed by atoms with van der Waals surface area (Å²) in [7, 11) is 2.05. The molecule has 0 atom stereocenters. The molecule has 1 aliphatic heterocycles. The van der Waals surface area contributed by atoms with Gasteiger partial charge in [-0.3, -0.25) is 0 Å². The molecule has 0 fully saturated rings. The summed E-state index contributed by atoms with van der Waals surface area (Å²) in [6.45, 7) is 3.78. The summed E-state index contributed by atoms with van der Waals surface area (Å²) >= 11 is 0. The Kier molecular flexibility index (Phi) is 2.33. The van der Waals surface area contributed by atoms with Gasteiger partial charge in [-0.2, -0.15) is 5.26 Å². The second kappa shape index (κ2) is 3.52. The lowest BCUT2D eigenvalue weighted by Gasteiger charge is -2.27. The van der Waals surface area contributed by atoms with Crippen LogP contribution in [0.4, 0.5) is 5.82 Å². The van der Waals surface area contributed by atoms with Gasteiger partial charge in [0.2, 0.25) is 0 Å². The Balaban J connectivity index is 2.64. The van der Waals surface area contributed by atoms with Crippen LogP contribution in [0.2, 0.25) is 0 Å². The molecule has 2 rings (SSSR count). The van der Waals surface area contributed by atoms with E-state index in [1.807, 2.05) is 6.92 Å². The minimum absolute atomic E-state index is 0.365. The number of nitrogen functional groups attached to an aromatic ring is 1. The van der Waals surface area contributed by atoms with Crippen LogP contribution < -0.4 is 5.73 Å². The third kappa shape index (κ3) is 1.55. The van der Waals surface area contributed by atoms with Gasteiger partial charge in [-0.25, -0.2) is 4.98 Å². The fraction of sp³-hybridized carbons (Fsp3) is 0.455. The molecule has 0 spiro atoms. The zero-order chi connectivity index (χ0) is 11.0. The van der Waals surface area contributed by atoms with E-state index in [4.69, 9.17) is 11.0 Å². The highest BCUT2D eigenvalue weighted by molar-refractivity contribution is 5.57. The van der Waals surface area contributed by atoms with E-state index in [-0.39, 0.29) is 0 Å². The van der Waals surface area contributed by atoms with Gasteiger partial charge in [-0.05, 0) is 31.5 Å². The zero-order valence-electron chi connectivity index (χ0n) is 9.04. The van der Waals surface area contributed by atoms with E-state index in [0.29, 0.717) is 11.4 Å². The SMILES string of the molecule is Cc1nc(N)c(C#N)c2c1CCN(C)C2. The summed E-state index contributed by atoms with van der Waals surface area (Å²) in [6.07, 6.45) is 0.958. The molecule has 0 saturated heterocycles. The van der Waals surface area contributed by atoms with E-state index >= 15 is 0 Å². The van der Waals surface area contributed by atoms with Crippen molar-refractivity contribution in [3.63, 3.8) is 0 Å². The predicted octanol–water partition coefficient (Wildman–Crippen LogP) is 0.832. The van der Waals surface area contributed by atoms with Gasteiger partial charge in [-0.15, -0.1) is 0 Å². The Bertz CT molecular complexity index is 445. The van der Waals surface area contributed by atoms with Gasteiger partial charge in [0.05, 0.1) is 5.56 Å². The molecular formula is C11H14N4. The van der Waals surface area contributed by atoms with E-state index in [2.05, 4.69) is 23.0 Å². The first-order valence-electron chi connectivity index (χ1n) is 5.00. The highest BCUT2D eigenvalue weighted by Gasteiger charge is 2.21. The van der Waals surface area contributed by atoms with Crippen LogP contribution in [0.1, 0.15) is 22.4 Å². The molecule has 0 radical (unpaired) electrons. The first kappa shape index (κ1) is 9.94. The number of fused-ring (bicyclic) bond motifs is 1. The molecule has 0 unspecified atom stereocenters. The normalized spacial score (nSPS) is 15.8. The Hall–Kier alpha value is -1.60. The van der Waals surface area contributed by atoms with Gasteiger partial charge in [0, 0.05) is 18.8 Å². The fourth-order valence-electron chi connectivity index (χ4n) is 2.11. The number of hydrogen-bond donors (Lipinski definition) is 1. The number of likely N-dealkylation sites (N-methyl/N-ethyl adjacent to an activating group) is 1. The molecule has 15 heavy (non-hydrogen) atoms. The van der Waals surface area contributed by atoms with Crippen molar-refractivity contribution in [2.24, 2.45) is 0 Å². The number of pyridine rings is 1. The molecule has 2 N–H and O–H groups in total. The number of aryl methyl sites for hydroxylation is 1. The van der Waals surface area contributed by atoms with Gasteiger partial charge < -0.3 is 10.6 Å². The van der Waals surface area contributed by atoms with Crippen LogP contribution in [-0.2, 0) is 13.0 Å². The van der Waals surface area contributed by atoms with Crippen LogP contribution in [0.3, 0.4) is 0 Å². The third-order valence-electron chi connectivity index (χ3n) is 2.93. The van der Waals surface area contributed by atoms with Crippen molar-refractivity contribution in [2.45, 2.75) is 19.9 Å². The quantitative estimate of drug-likeness (QED) is 0.676. The van der Waals surface area contributed by atoms with Crippen LogP contribution in [0, 0.1) is 18.3 Å². The maximum atomic E-state index is 9.06. The lowest BCUT2D eigenvalue weighted by atomic mass is 9.95. The van der Waals surface area contributed by atoms with Gasteiger partial charge in [0.1, 0.15) is 11.9 Å². The van der Waals surface area contributed by atoms with Crippen molar-refractivity contribution in [1.82, 2.24) is 9.88 Å². The van der Waals surface area contributed by atoms with Crippen molar-refractivity contribution >= 4 is 5.82 Å². The number of nitriles is 1. The van der Waals surface area contributed by atoms with Crippen LogP contribution in [0.25, 0.3) is 0 Å². The Morgan fingerprint density at radius 1 is 1.47 bits per heavy atom. The molecule has 78 valence electrons. The van der Waals surface area contributed by atoms with Crippen LogP contribution in [0.15, 0.2) is 0 Å². The summed E-state index contributed by atoms with van der Waals surface area (Å²) < 4.78 is 0. The number of hydrogen-bond acceptors (Lipinski definition) is 4. The lowest BCUT2D eigenvalue weighted by Crippen LogP contribution is -2.28. The molecule has 0 bridgehead atoms. The molecule has 4 nitrogen and oxygen atoms in total. The van der Waals surface area contributed by atoms with E-state index in [1.54, 1.807) is 0 Å². The first-order chi connectivity index (χ1) is 7.13. The zero-order valence-corrected chi connectivity index (χ0v) is 9.04. The van der Waals surface area contributed by atoms with Crippen LogP contribution >= 0.6 is 0 Å². The van der Waals surface area contributed by atoms with Crippen molar-refractivity contribution < 1.29 is 0 Å². The van der Waals surface area contributed by atoms with Crippen LogP contribution in [-0.4, -0.2) is 23.5 Å². The molecule has 4 heteroatoms. The summed E-state index contributed by atoms with van der Waals surface area (Å²) in [4.78, 5) is 6.42. The average Bonchev–Trinajstić information content (AvgIpc) is 2.17. The molecule has 1 aromatic rings. The molecule has 0 aliphatic carbocycles. The van der Waals surface area contributed by atoms with E-state index in [0.717, 1.165) is 30.8 Å². The van der Waals surface area contributed by atoms with Gasteiger partial charge >= 0.3 is 0 Å². The summed E-state index contributed by atoms with van der Waals surface area (Å²) in [6, 6.07) is 2.16. The van der Waals surface area contributed by atoms with E-state index in [9.17, 15) is 0 Å². The van der Waals surface area contributed by atoms with Gasteiger partial charge in [-0.1, -0.05) is 0 Å². The molecule has 2 heterocycles. The van der Waals surface area contributed by atoms with Gasteiger partial charge in [0.15, 0.2) is 0 Å². The highest BCUT2D eigenvalue weighted by Crippen LogP contribution is 2.26. The number of rotatable bonds is 0. The van der Waals surface area contributed by atoms with Crippen molar-refractivity contribution in [2.75, 3.05) is 19.3 Å². The molecule has 0 saturated carbocycles. The Morgan fingerprint density at radius 3 is 2.87 bits per heavy atom. The lowest BCUT2D eigenvalue weighted by molar-refractivity contribution is 0.311. The minimum Gasteiger partial charge on any atom is -0.383 e. The Morgan fingerprint density at radius 2 is 2.20 bits per heavy atom. The fourth-order valence-corrected chi connectivity index (χ4v) is 2.11. The summed E-state index contributed by atoms with van der Waals surface area (Å²) in [5, 5.41) is 9.06. The maximum Gasteiger partial charge on any atom is 0.141 e. The van der Waals surface area contributed by atoms with Crippen LogP contribution in [0.5, 0.6) is 0 Å². The third-order valence-corrected chi connectivity index (χ3v) is 2.93. The average molecular weight is 202 g/mol. The minimum atomic E-state index is 0.365. The monoisotopic (exact) mass is 202 g/mol. The van der Waals surface area contributed by atoms with Crippen molar-refractivity contribution in [3.8, 4) is 6.07 Å². The standard InChI is InChI=1S/C11H14N4/c1-7-8-3-4-15(2)6-10(8)9(5-12)11(13)14-7/h3-4,6H2,1-2H3,(H2,13,14). The molecule has 0 amide bonds. The van der Waals surface area contributed by atoms with Gasteiger partial charge in [0.25, 0.3) is 0 Å².